The molecule has 0 saturated heterocycles. The smallest absolute Gasteiger partial charge is 0.291 e. The highest BCUT2D eigenvalue weighted by Crippen LogP contribution is 2.21. The van der Waals surface area contributed by atoms with Gasteiger partial charge in [0, 0.05) is 11.6 Å². The van der Waals surface area contributed by atoms with E-state index in [1.807, 2.05) is 24.3 Å². The molecule has 0 N–H and O–H groups in total. The standard InChI is InChI=1S/C21H18N4O4S/c1-2-3-12-29-16-10-8-14(9-11-16)19-22-21-24(23-19)20(26)18(30-21)13-15-6-4-5-7-17(15)25(27)28/h4-11,13H,2-3,12H2,1H3/b18-13-. The molecule has 2 aromatic heterocycles. The van der Waals surface area contributed by atoms with Crippen LogP contribution in [0.4, 0.5) is 5.69 Å². The number of thiazole rings is 1. The topological polar surface area (TPSA) is 99.6 Å². The molecule has 0 atom stereocenters. The molecule has 0 saturated carbocycles. The maximum Gasteiger partial charge on any atom is 0.291 e. The molecule has 152 valence electrons. The molecule has 0 bridgehead atoms. The highest BCUT2D eigenvalue weighted by atomic mass is 32.1. The average molecular weight is 422 g/mol. The minimum atomic E-state index is -0.471. The Labute approximate surface area is 175 Å². The van der Waals surface area contributed by atoms with Gasteiger partial charge in [-0.25, -0.2) is 0 Å². The molecular weight excluding hydrogens is 404 g/mol. The second kappa shape index (κ2) is 8.42. The molecule has 0 amide bonds. The van der Waals surface area contributed by atoms with Crippen molar-refractivity contribution in [2.45, 2.75) is 19.8 Å². The van der Waals surface area contributed by atoms with Crippen molar-refractivity contribution < 1.29 is 9.66 Å². The zero-order valence-corrected chi connectivity index (χ0v) is 17.0. The van der Waals surface area contributed by atoms with Crippen molar-refractivity contribution in [3.05, 3.63) is 79.1 Å². The summed E-state index contributed by atoms with van der Waals surface area (Å²) in [5.41, 5.74) is 0.726. The predicted molar refractivity (Wildman–Crippen MR) is 115 cm³/mol. The molecule has 2 heterocycles. The van der Waals surface area contributed by atoms with Gasteiger partial charge in [0.25, 0.3) is 11.2 Å². The van der Waals surface area contributed by atoms with Gasteiger partial charge < -0.3 is 4.74 Å². The summed E-state index contributed by atoms with van der Waals surface area (Å²) in [6.45, 7) is 2.78. The number of nitrogens with zero attached hydrogens (tertiary/aromatic N) is 4. The number of hydrogen-bond donors (Lipinski definition) is 0. The van der Waals surface area contributed by atoms with Crippen LogP contribution in [-0.2, 0) is 0 Å². The monoisotopic (exact) mass is 422 g/mol. The largest absolute Gasteiger partial charge is 0.494 e. The lowest BCUT2D eigenvalue weighted by Crippen LogP contribution is -2.23. The van der Waals surface area contributed by atoms with Crippen LogP contribution in [0, 0.1) is 10.1 Å². The molecule has 4 aromatic rings. The molecular formula is C21H18N4O4S. The number of aromatic nitrogens is 3. The number of rotatable bonds is 7. The van der Waals surface area contributed by atoms with Crippen LogP contribution in [0.15, 0.2) is 53.3 Å². The number of unbranched alkanes of at least 4 members (excludes halogenated alkanes) is 1. The van der Waals surface area contributed by atoms with Crippen LogP contribution in [0.1, 0.15) is 25.3 Å². The molecule has 0 aliphatic heterocycles. The molecule has 0 fully saturated rings. The van der Waals surface area contributed by atoms with Crippen molar-refractivity contribution in [3.63, 3.8) is 0 Å². The van der Waals surface area contributed by atoms with Crippen molar-refractivity contribution in [1.82, 2.24) is 14.6 Å². The summed E-state index contributed by atoms with van der Waals surface area (Å²) in [4.78, 5) is 28.3. The summed E-state index contributed by atoms with van der Waals surface area (Å²) >= 11 is 1.15. The van der Waals surface area contributed by atoms with Crippen molar-refractivity contribution in [2.75, 3.05) is 6.61 Å². The molecule has 0 radical (unpaired) electrons. The Morgan fingerprint density at radius 1 is 1.20 bits per heavy atom. The van der Waals surface area contributed by atoms with E-state index in [4.69, 9.17) is 4.74 Å². The minimum absolute atomic E-state index is 0.0576. The normalized spacial score (nSPS) is 11.8. The number of para-hydroxylation sites is 1. The van der Waals surface area contributed by atoms with E-state index in [1.165, 1.54) is 16.7 Å². The minimum Gasteiger partial charge on any atom is -0.494 e. The first-order valence-corrected chi connectivity index (χ1v) is 10.3. The fraction of sp³-hybridized carbons (Fsp3) is 0.190. The average Bonchev–Trinajstić information content (AvgIpc) is 3.29. The zero-order chi connectivity index (χ0) is 21.1. The summed E-state index contributed by atoms with van der Waals surface area (Å²) in [6.07, 6.45) is 3.57. The summed E-state index contributed by atoms with van der Waals surface area (Å²) in [7, 11) is 0. The lowest BCUT2D eigenvalue weighted by atomic mass is 10.2. The number of benzene rings is 2. The first-order chi connectivity index (χ1) is 14.6. The Morgan fingerprint density at radius 2 is 1.97 bits per heavy atom. The molecule has 0 aliphatic carbocycles. The van der Waals surface area contributed by atoms with Crippen LogP contribution in [0.3, 0.4) is 0 Å². The van der Waals surface area contributed by atoms with E-state index in [9.17, 15) is 14.9 Å². The van der Waals surface area contributed by atoms with Crippen LogP contribution < -0.4 is 14.8 Å². The van der Waals surface area contributed by atoms with Crippen molar-refractivity contribution in [2.24, 2.45) is 0 Å². The fourth-order valence-electron chi connectivity index (χ4n) is 2.91. The van der Waals surface area contributed by atoms with Crippen molar-refractivity contribution in [1.29, 1.82) is 0 Å². The highest BCUT2D eigenvalue weighted by Gasteiger charge is 2.14. The molecule has 0 unspecified atom stereocenters. The second-order valence-electron chi connectivity index (χ2n) is 6.59. The molecule has 2 aromatic carbocycles. The SMILES string of the molecule is CCCCOc1ccc(-c2nc3s/c(=C\c4ccccc4[N+](=O)[O-])c(=O)n3n2)cc1. The molecule has 0 aliphatic rings. The number of fused-ring (bicyclic) bond motifs is 1. The van der Waals surface area contributed by atoms with E-state index in [0.717, 1.165) is 35.5 Å². The van der Waals surface area contributed by atoms with Gasteiger partial charge in [0.05, 0.1) is 21.6 Å². The Kier molecular flexibility index (Phi) is 5.53. The first kappa shape index (κ1) is 19.7. The van der Waals surface area contributed by atoms with Crippen LogP contribution in [0.5, 0.6) is 5.75 Å². The maximum atomic E-state index is 12.7. The summed E-state index contributed by atoms with van der Waals surface area (Å²) in [6, 6.07) is 13.7. The van der Waals surface area contributed by atoms with Gasteiger partial charge in [0.2, 0.25) is 4.96 Å². The molecule has 30 heavy (non-hydrogen) atoms. The third-order valence-electron chi connectivity index (χ3n) is 4.48. The van der Waals surface area contributed by atoms with E-state index >= 15 is 0 Å². The van der Waals surface area contributed by atoms with Crippen LogP contribution in [-0.4, -0.2) is 26.1 Å². The van der Waals surface area contributed by atoms with Gasteiger partial charge in [0.15, 0.2) is 5.82 Å². The number of nitro groups is 1. The number of ether oxygens (including phenoxy) is 1. The lowest BCUT2D eigenvalue weighted by molar-refractivity contribution is -0.385. The number of nitro benzene ring substituents is 1. The third kappa shape index (κ3) is 3.92. The quantitative estimate of drug-likeness (QED) is 0.257. The predicted octanol–water partition coefficient (Wildman–Crippen LogP) is 3.45. The van der Waals surface area contributed by atoms with Crippen LogP contribution in [0.25, 0.3) is 22.4 Å². The van der Waals surface area contributed by atoms with E-state index in [0.29, 0.717) is 27.5 Å². The molecule has 9 heteroatoms. The second-order valence-corrected chi connectivity index (χ2v) is 7.60. The van der Waals surface area contributed by atoms with Gasteiger partial charge in [-0.15, -0.1) is 5.10 Å². The molecule has 0 spiro atoms. The fourth-order valence-corrected chi connectivity index (χ4v) is 3.81. The van der Waals surface area contributed by atoms with Gasteiger partial charge in [-0.2, -0.15) is 9.50 Å². The Hall–Kier alpha value is -3.59. The highest BCUT2D eigenvalue weighted by molar-refractivity contribution is 7.15. The van der Waals surface area contributed by atoms with Crippen LogP contribution >= 0.6 is 11.3 Å². The van der Waals surface area contributed by atoms with Gasteiger partial charge in [0.1, 0.15) is 5.75 Å². The molecule has 4 rings (SSSR count). The summed E-state index contributed by atoms with van der Waals surface area (Å²) in [5, 5.41) is 15.5. The van der Waals surface area contributed by atoms with Gasteiger partial charge in [-0.1, -0.05) is 36.8 Å². The third-order valence-corrected chi connectivity index (χ3v) is 5.44. The van der Waals surface area contributed by atoms with E-state index < -0.39 is 4.92 Å². The summed E-state index contributed by atoms with van der Waals surface area (Å²) < 4.78 is 7.22. The van der Waals surface area contributed by atoms with E-state index in [1.54, 1.807) is 18.2 Å². The van der Waals surface area contributed by atoms with Crippen molar-refractivity contribution in [3.8, 4) is 17.1 Å². The van der Waals surface area contributed by atoms with Crippen LogP contribution in [0.2, 0.25) is 0 Å². The van der Waals surface area contributed by atoms with Crippen molar-refractivity contribution >= 4 is 28.1 Å². The van der Waals surface area contributed by atoms with Gasteiger partial charge in [-0.3, -0.25) is 14.9 Å². The maximum absolute atomic E-state index is 12.7. The number of hydrogen-bond acceptors (Lipinski definition) is 7. The van der Waals surface area contributed by atoms with Gasteiger partial charge >= 0.3 is 0 Å². The Balaban J connectivity index is 1.65. The Morgan fingerprint density at radius 3 is 2.67 bits per heavy atom. The molecule has 8 nitrogen and oxygen atoms in total. The lowest BCUT2D eigenvalue weighted by Gasteiger charge is -2.05. The van der Waals surface area contributed by atoms with Gasteiger partial charge in [-0.05, 0) is 42.8 Å². The Bertz CT molecular complexity index is 1310. The first-order valence-electron chi connectivity index (χ1n) is 9.45. The zero-order valence-electron chi connectivity index (χ0n) is 16.1. The summed E-state index contributed by atoms with van der Waals surface area (Å²) in [5.74, 6) is 1.22. The van der Waals surface area contributed by atoms with E-state index in [2.05, 4.69) is 17.0 Å². The van der Waals surface area contributed by atoms with E-state index in [-0.39, 0.29) is 11.2 Å².